The fraction of sp³-hybridized carbons (Fsp3) is 0.118. The molecule has 2 aromatic carbocycles. The number of carbonyl (C=O) groups excluding carboxylic acids is 1. The molecule has 24 heavy (non-hydrogen) atoms. The molecule has 0 radical (unpaired) electrons. The molecule has 120 valence electrons. The van der Waals surface area contributed by atoms with Crippen LogP contribution >= 0.6 is 22.7 Å². The second-order valence-electron chi connectivity index (χ2n) is 5.18. The Morgan fingerprint density at radius 3 is 2.79 bits per heavy atom. The number of aryl methyl sites for hydroxylation is 1. The molecule has 5 nitrogen and oxygen atoms in total. The molecule has 0 atom stereocenters. The molecule has 4 aromatic rings. The predicted octanol–water partition coefficient (Wildman–Crippen LogP) is 3.60. The van der Waals surface area contributed by atoms with Crippen LogP contribution in [0.5, 0.6) is 5.75 Å². The maximum absolute atomic E-state index is 12.5. The van der Waals surface area contributed by atoms with Crippen molar-refractivity contribution in [2.24, 2.45) is 12.0 Å². The number of benzene rings is 2. The quantitative estimate of drug-likeness (QED) is 0.552. The van der Waals surface area contributed by atoms with E-state index >= 15 is 0 Å². The maximum atomic E-state index is 12.5. The molecule has 0 aliphatic carbocycles. The first-order valence-corrected chi connectivity index (χ1v) is 8.87. The van der Waals surface area contributed by atoms with Crippen molar-refractivity contribution in [1.82, 2.24) is 9.55 Å². The van der Waals surface area contributed by atoms with E-state index in [-0.39, 0.29) is 5.91 Å². The van der Waals surface area contributed by atoms with Gasteiger partial charge in [-0.3, -0.25) is 4.79 Å². The van der Waals surface area contributed by atoms with Crippen LogP contribution < -0.4 is 9.54 Å². The first kappa shape index (κ1) is 15.0. The fourth-order valence-electron chi connectivity index (χ4n) is 2.45. The number of hydrogen-bond acceptors (Lipinski definition) is 5. The molecule has 0 aliphatic rings. The van der Waals surface area contributed by atoms with Gasteiger partial charge in [0.15, 0.2) is 9.81 Å². The number of rotatable bonds is 2. The Morgan fingerprint density at radius 1 is 1.17 bits per heavy atom. The highest BCUT2D eigenvalue weighted by atomic mass is 32.1. The minimum absolute atomic E-state index is 0.315. The third-order valence-corrected chi connectivity index (χ3v) is 5.81. The Hall–Kier alpha value is -2.51. The summed E-state index contributed by atoms with van der Waals surface area (Å²) >= 11 is 2.82. The molecule has 0 aliphatic heterocycles. The summed E-state index contributed by atoms with van der Waals surface area (Å²) in [6, 6.07) is 13.5. The van der Waals surface area contributed by atoms with E-state index in [2.05, 4.69) is 9.98 Å². The van der Waals surface area contributed by atoms with Crippen molar-refractivity contribution in [1.29, 1.82) is 0 Å². The van der Waals surface area contributed by atoms with E-state index in [9.17, 15) is 4.79 Å². The Bertz CT molecular complexity index is 1100. The van der Waals surface area contributed by atoms with E-state index in [1.807, 2.05) is 54.1 Å². The smallest absolute Gasteiger partial charge is 0.308 e. The van der Waals surface area contributed by atoms with Crippen molar-refractivity contribution in [3.8, 4) is 5.75 Å². The summed E-state index contributed by atoms with van der Waals surface area (Å²) in [5.74, 6) is 0.471. The van der Waals surface area contributed by atoms with Gasteiger partial charge in [-0.25, -0.2) is 4.98 Å². The summed E-state index contributed by atoms with van der Waals surface area (Å²) in [6.07, 6.45) is 0. The summed E-state index contributed by atoms with van der Waals surface area (Å²) in [5, 5.41) is 0.409. The molecule has 0 spiro atoms. The predicted molar refractivity (Wildman–Crippen MR) is 96.9 cm³/mol. The van der Waals surface area contributed by atoms with Crippen molar-refractivity contribution in [3.63, 3.8) is 0 Å². The lowest BCUT2D eigenvalue weighted by molar-refractivity contribution is 0.0998. The third-order valence-electron chi connectivity index (χ3n) is 3.69. The lowest BCUT2D eigenvalue weighted by atomic mass is 10.3. The van der Waals surface area contributed by atoms with Gasteiger partial charge in [-0.2, -0.15) is 4.99 Å². The van der Waals surface area contributed by atoms with Crippen LogP contribution in [0, 0.1) is 0 Å². The van der Waals surface area contributed by atoms with Crippen LogP contribution in [0.4, 0.5) is 0 Å². The molecule has 0 saturated heterocycles. The number of nitrogens with zero attached hydrogens (tertiary/aromatic N) is 3. The zero-order valence-electron chi connectivity index (χ0n) is 13.0. The van der Waals surface area contributed by atoms with Crippen molar-refractivity contribution >= 4 is 49.0 Å². The van der Waals surface area contributed by atoms with Crippen LogP contribution in [0.2, 0.25) is 0 Å². The summed E-state index contributed by atoms with van der Waals surface area (Å²) in [6.45, 7) is 0. The lowest BCUT2D eigenvalue weighted by Crippen LogP contribution is -2.13. The number of methoxy groups -OCH3 is 1. The molecule has 1 amide bonds. The number of ether oxygens (including phenoxy) is 1. The molecular weight excluding hydrogens is 342 g/mol. The van der Waals surface area contributed by atoms with E-state index in [0.29, 0.717) is 9.81 Å². The van der Waals surface area contributed by atoms with Crippen molar-refractivity contribution in [2.45, 2.75) is 0 Å². The van der Waals surface area contributed by atoms with Crippen LogP contribution in [0.15, 0.2) is 47.5 Å². The van der Waals surface area contributed by atoms with Gasteiger partial charge in [-0.15, -0.1) is 11.3 Å². The second-order valence-corrected chi connectivity index (χ2v) is 7.22. The molecule has 4 rings (SSSR count). The molecule has 2 heterocycles. The highest BCUT2D eigenvalue weighted by molar-refractivity contribution is 7.20. The number of carbonyl (C=O) groups is 1. The Labute approximate surface area is 145 Å². The zero-order valence-corrected chi connectivity index (χ0v) is 14.6. The van der Waals surface area contributed by atoms with E-state index in [1.165, 1.54) is 22.7 Å². The van der Waals surface area contributed by atoms with Gasteiger partial charge in [0.05, 0.1) is 27.5 Å². The second kappa shape index (κ2) is 5.85. The number of thiazole rings is 2. The first-order chi connectivity index (χ1) is 11.7. The Kier molecular flexibility index (Phi) is 3.66. The van der Waals surface area contributed by atoms with Gasteiger partial charge < -0.3 is 9.30 Å². The molecule has 0 saturated carbocycles. The topological polar surface area (TPSA) is 56.5 Å². The zero-order chi connectivity index (χ0) is 16.7. The summed E-state index contributed by atoms with van der Waals surface area (Å²) < 4.78 is 9.16. The SMILES string of the molecule is COc1ccc2c(c1)sc(=NC(=O)c1nc3ccccc3s1)n2C. The molecule has 0 bridgehead atoms. The monoisotopic (exact) mass is 355 g/mol. The Morgan fingerprint density at radius 2 is 2.00 bits per heavy atom. The molecular formula is C17H13N3O2S2. The summed E-state index contributed by atoms with van der Waals surface area (Å²) in [4.78, 5) is 21.8. The molecule has 2 aromatic heterocycles. The molecule has 7 heteroatoms. The first-order valence-electron chi connectivity index (χ1n) is 7.24. The van der Waals surface area contributed by atoms with Gasteiger partial charge in [0, 0.05) is 7.05 Å². The van der Waals surface area contributed by atoms with Gasteiger partial charge in [0.1, 0.15) is 5.75 Å². The van der Waals surface area contributed by atoms with E-state index in [1.54, 1.807) is 7.11 Å². The van der Waals surface area contributed by atoms with Crippen LogP contribution in [0.25, 0.3) is 20.4 Å². The number of amides is 1. The minimum Gasteiger partial charge on any atom is -0.497 e. The number of fused-ring (bicyclic) bond motifs is 2. The van der Waals surface area contributed by atoms with Crippen molar-refractivity contribution < 1.29 is 9.53 Å². The summed E-state index contributed by atoms with van der Waals surface area (Å²) in [5.41, 5.74) is 1.84. The van der Waals surface area contributed by atoms with Gasteiger partial charge >= 0.3 is 5.91 Å². The van der Waals surface area contributed by atoms with Crippen molar-refractivity contribution in [3.05, 3.63) is 52.3 Å². The van der Waals surface area contributed by atoms with E-state index < -0.39 is 0 Å². The van der Waals surface area contributed by atoms with Gasteiger partial charge in [-0.1, -0.05) is 23.5 Å². The van der Waals surface area contributed by atoms with E-state index in [4.69, 9.17) is 4.74 Å². The average molecular weight is 355 g/mol. The fourth-order valence-corrected chi connectivity index (χ4v) is 4.34. The number of aromatic nitrogens is 2. The van der Waals surface area contributed by atoms with Gasteiger partial charge in [0.2, 0.25) is 0 Å². The molecule has 0 unspecified atom stereocenters. The molecule has 0 N–H and O–H groups in total. The van der Waals surface area contributed by atoms with Crippen LogP contribution in [0.3, 0.4) is 0 Å². The van der Waals surface area contributed by atoms with Gasteiger partial charge in [0.25, 0.3) is 0 Å². The van der Waals surface area contributed by atoms with Crippen LogP contribution in [-0.4, -0.2) is 22.6 Å². The minimum atomic E-state index is -0.315. The van der Waals surface area contributed by atoms with Crippen LogP contribution in [-0.2, 0) is 7.05 Å². The van der Waals surface area contributed by atoms with Crippen molar-refractivity contribution in [2.75, 3.05) is 7.11 Å². The summed E-state index contributed by atoms with van der Waals surface area (Å²) in [7, 11) is 3.53. The van der Waals surface area contributed by atoms with Gasteiger partial charge in [-0.05, 0) is 30.3 Å². The normalized spacial score (nSPS) is 12.2. The highest BCUT2D eigenvalue weighted by Crippen LogP contribution is 2.24. The molecule has 0 fully saturated rings. The highest BCUT2D eigenvalue weighted by Gasteiger charge is 2.12. The maximum Gasteiger partial charge on any atom is 0.308 e. The average Bonchev–Trinajstić information content (AvgIpc) is 3.16. The van der Waals surface area contributed by atoms with Crippen LogP contribution in [0.1, 0.15) is 9.80 Å². The number of hydrogen-bond donors (Lipinski definition) is 0. The third kappa shape index (κ3) is 2.51. The lowest BCUT2D eigenvalue weighted by Gasteiger charge is -1.99. The van der Waals surface area contributed by atoms with E-state index in [0.717, 1.165) is 26.2 Å². The Balaban J connectivity index is 1.80. The number of para-hydroxylation sites is 1. The largest absolute Gasteiger partial charge is 0.497 e. The standard InChI is InChI=1S/C17H13N3O2S2/c1-20-12-8-7-10(22-2)9-14(12)24-17(20)19-15(21)16-18-11-5-3-4-6-13(11)23-16/h3-9H,1-2H3.